The van der Waals surface area contributed by atoms with Gasteiger partial charge in [-0.1, -0.05) is 38.1 Å². The molecule has 3 N–H and O–H groups in total. The van der Waals surface area contributed by atoms with Crippen LogP contribution >= 0.6 is 0 Å². The molecule has 39 heavy (non-hydrogen) atoms. The molecule has 9 nitrogen and oxygen atoms in total. The number of aromatic nitrogens is 1. The minimum atomic E-state index is -0.334. The second-order valence-corrected chi connectivity index (χ2v) is 10.6. The van der Waals surface area contributed by atoms with Gasteiger partial charge < -0.3 is 29.9 Å². The first-order chi connectivity index (χ1) is 18.5. The SMILES string of the molecule is C=CCC(C)NC(=O)c1cc2ccccc2n(C(C)C)c1=O.CC(C)NCCCOC(=O)N1CCC(O)CC1. The average molecular weight is 543 g/mol. The topological polar surface area (TPSA) is 113 Å². The second-order valence-electron chi connectivity index (χ2n) is 10.6. The normalized spacial score (nSPS) is 14.6. The van der Waals surface area contributed by atoms with Crippen LogP contribution in [0.3, 0.4) is 0 Å². The quantitative estimate of drug-likeness (QED) is 0.306. The summed E-state index contributed by atoms with van der Waals surface area (Å²) in [6.45, 7) is 16.1. The van der Waals surface area contributed by atoms with E-state index in [9.17, 15) is 19.5 Å². The van der Waals surface area contributed by atoms with Gasteiger partial charge in [-0.05, 0) is 70.5 Å². The van der Waals surface area contributed by atoms with E-state index in [0.29, 0.717) is 45.0 Å². The number of nitrogens with one attached hydrogen (secondary N) is 2. The number of carbonyl (C=O) groups is 2. The van der Waals surface area contributed by atoms with Crippen LogP contribution in [0.15, 0.2) is 47.8 Å². The Labute approximate surface area is 232 Å². The minimum Gasteiger partial charge on any atom is -0.449 e. The van der Waals surface area contributed by atoms with E-state index >= 15 is 0 Å². The van der Waals surface area contributed by atoms with Crippen LogP contribution in [0, 0.1) is 0 Å². The number of fused-ring (bicyclic) bond motifs is 1. The van der Waals surface area contributed by atoms with Gasteiger partial charge in [-0.3, -0.25) is 9.59 Å². The van der Waals surface area contributed by atoms with Crippen molar-refractivity contribution in [2.45, 2.75) is 84.5 Å². The number of aliphatic hydroxyl groups excluding tert-OH is 1. The van der Waals surface area contributed by atoms with Gasteiger partial charge in [-0.15, -0.1) is 6.58 Å². The van der Waals surface area contributed by atoms with Crippen LogP contribution in [0.2, 0.25) is 0 Å². The summed E-state index contributed by atoms with van der Waals surface area (Å²) in [6, 6.07) is 9.68. The zero-order chi connectivity index (χ0) is 28.9. The highest BCUT2D eigenvalue weighted by molar-refractivity contribution is 5.97. The lowest BCUT2D eigenvalue weighted by atomic mass is 10.1. The Morgan fingerprint density at radius 3 is 2.44 bits per heavy atom. The van der Waals surface area contributed by atoms with Gasteiger partial charge in [0.1, 0.15) is 5.56 Å². The molecule has 1 aromatic heterocycles. The number of piperidine rings is 1. The Morgan fingerprint density at radius 2 is 1.82 bits per heavy atom. The Morgan fingerprint density at radius 1 is 1.15 bits per heavy atom. The van der Waals surface area contributed by atoms with Gasteiger partial charge in [0.05, 0.1) is 18.2 Å². The van der Waals surface area contributed by atoms with Gasteiger partial charge in [0.25, 0.3) is 11.5 Å². The zero-order valence-corrected chi connectivity index (χ0v) is 24.1. The number of para-hydroxylation sites is 1. The molecule has 1 aliphatic rings. The smallest absolute Gasteiger partial charge is 0.409 e. The molecule has 0 spiro atoms. The molecular formula is C30H46N4O5. The second kappa shape index (κ2) is 16.1. The lowest BCUT2D eigenvalue weighted by Gasteiger charge is -2.28. The molecule has 1 fully saturated rings. The fraction of sp³-hybridized carbons (Fsp3) is 0.567. The number of amides is 2. The van der Waals surface area contributed by atoms with Gasteiger partial charge >= 0.3 is 6.09 Å². The highest BCUT2D eigenvalue weighted by Crippen LogP contribution is 2.17. The van der Waals surface area contributed by atoms with Crippen LogP contribution < -0.4 is 16.2 Å². The van der Waals surface area contributed by atoms with Gasteiger partial charge in [-0.2, -0.15) is 0 Å². The Bertz CT molecular complexity index is 1140. The number of carbonyl (C=O) groups excluding carboxylic acids is 2. The molecule has 0 saturated carbocycles. The first kappa shape index (κ1) is 32.0. The van der Waals surface area contributed by atoms with Crippen molar-refractivity contribution in [1.82, 2.24) is 20.1 Å². The first-order valence-electron chi connectivity index (χ1n) is 13.9. The van der Waals surface area contributed by atoms with Crippen molar-refractivity contribution in [3.8, 4) is 0 Å². The van der Waals surface area contributed by atoms with E-state index in [4.69, 9.17) is 4.74 Å². The molecule has 9 heteroatoms. The molecule has 1 aromatic carbocycles. The summed E-state index contributed by atoms with van der Waals surface area (Å²) in [7, 11) is 0. The fourth-order valence-corrected chi connectivity index (χ4v) is 4.33. The third-order valence-electron chi connectivity index (χ3n) is 6.43. The largest absolute Gasteiger partial charge is 0.449 e. The van der Waals surface area contributed by atoms with Crippen LogP contribution in [-0.4, -0.2) is 71.0 Å². The van der Waals surface area contributed by atoms with Crippen LogP contribution in [0.4, 0.5) is 4.79 Å². The molecule has 0 bridgehead atoms. The fourth-order valence-electron chi connectivity index (χ4n) is 4.33. The molecule has 3 rings (SSSR count). The summed E-state index contributed by atoms with van der Waals surface area (Å²) in [6.07, 6.45) is 4.06. The predicted octanol–water partition coefficient (Wildman–Crippen LogP) is 4.24. The Balaban J connectivity index is 0.000000283. The summed E-state index contributed by atoms with van der Waals surface area (Å²) >= 11 is 0. The number of hydrogen-bond donors (Lipinski definition) is 3. The van der Waals surface area contributed by atoms with Crippen LogP contribution in [0.25, 0.3) is 10.9 Å². The van der Waals surface area contributed by atoms with Crippen molar-refractivity contribution in [1.29, 1.82) is 0 Å². The Hall–Kier alpha value is -3.17. The van der Waals surface area contributed by atoms with E-state index in [1.54, 1.807) is 21.6 Å². The van der Waals surface area contributed by atoms with E-state index in [1.165, 1.54) is 0 Å². The summed E-state index contributed by atoms with van der Waals surface area (Å²) in [5.41, 5.74) is 0.776. The van der Waals surface area contributed by atoms with Crippen molar-refractivity contribution in [2.75, 3.05) is 26.2 Å². The van der Waals surface area contributed by atoms with Gasteiger partial charge in [-0.25, -0.2) is 4.79 Å². The maximum atomic E-state index is 12.7. The van der Waals surface area contributed by atoms with Crippen molar-refractivity contribution in [2.24, 2.45) is 0 Å². The van der Waals surface area contributed by atoms with E-state index in [2.05, 4.69) is 31.1 Å². The van der Waals surface area contributed by atoms with Crippen LogP contribution in [0.5, 0.6) is 0 Å². The Kier molecular flexibility index (Phi) is 13.2. The zero-order valence-electron chi connectivity index (χ0n) is 24.1. The summed E-state index contributed by atoms with van der Waals surface area (Å²) < 4.78 is 6.83. The standard InChI is InChI=1S/C18H22N2O2.C12H24N2O3/c1-5-8-13(4)19-17(21)15-11-14-9-6-7-10-16(14)20(12(2)3)18(15)22;1-10(2)13-6-3-9-17-12(16)14-7-4-11(15)5-8-14/h5-7,9-13H,1,8H2,2-4H3,(H,19,21);10-11,13,15H,3-9H2,1-2H3. The number of ether oxygens (including phenoxy) is 1. The maximum Gasteiger partial charge on any atom is 0.409 e. The third-order valence-corrected chi connectivity index (χ3v) is 6.43. The predicted molar refractivity (Wildman–Crippen MR) is 156 cm³/mol. The van der Waals surface area contributed by atoms with Gasteiger partial charge in [0, 0.05) is 31.2 Å². The molecule has 1 unspecified atom stereocenters. The third kappa shape index (κ3) is 10.1. The lowest BCUT2D eigenvalue weighted by Crippen LogP contribution is -2.40. The first-order valence-corrected chi connectivity index (χ1v) is 13.9. The van der Waals surface area contributed by atoms with Crippen molar-refractivity contribution in [3.63, 3.8) is 0 Å². The average Bonchev–Trinajstić information content (AvgIpc) is 2.88. The summed E-state index contributed by atoms with van der Waals surface area (Å²) in [5, 5.41) is 16.3. The molecule has 2 aromatic rings. The van der Waals surface area contributed by atoms with Crippen LogP contribution in [0.1, 0.15) is 76.7 Å². The number of aliphatic hydroxyl groups is 1. The number of rotatable bonds is 10. The molecule has 1 atom stereocenters. The lowest BCUT2D eigenvalue weighted by molar-refractivity contribution is 0.0588. The van der Waals surface area contributed by atoms with Crippen molar-refractivity contribution in [3.05, 3.63) is 58.9 Å². The summed E-state index contributed by atoms with van der Waals surface area (Å²) in [5.74, 6) is -0.334. The molecule has 216 valence electrons. The number of benzene rings is 1. The maximum absolute atomic E-state index is 12.7. The van der Waals surface area contributed by atoms with E-state index in [1.807, 2.05) is 45.0 Å². The van der Waals surface area contributed by atoms with Crippen molar-refractivity contribution >= 4 is 22.9 Å². The monoisotopic (exact) mass is 542 g/mol. The molecule has 0 aliphatic carbocycles. The molecule has 2 heterocycles. The van der Waals surface area contributed by atoms with Crippen LogP contribution in [-0.2, 0) is 4.74 Å². The van der Waals surface area contributed by atoms with Gasteiger partial charge in [0.15, 0.2) is 0 Å². The molecule has 0 radical (unpaired) electrons. The van der Waals surface area contributed by atoms with Gasteiger partial charge in [0.2, 0.25) is 0 Å². The van der Waals surface area contributed by atoms with E-state index < -0.39 is 0 Å². The number of hydrogen-bond acceptors (Lipinski definition) is 6. The summed E-state index contributed by atoms with van der Waals surface area (Å²) in [4.78, 5) is 38.4. The molecule has 1 aliphatic heterocycles. The van der Waals surface area contributed by atoms with Crippen molar-refractivity contribution < 1.29 is 19.4 Å². The highest BCUT2D eigenvalue weighted by Gasteiger charge is 2.22. The number of nitrogens with zero attached hydrogens (tertiary/aromatic N) is 2. The molecule has 2 amide bonds. The molecular weight excluding hydrogens is 496 g/mol. The van der Waals surface area contributed by atoms with E-state index in [0.717, 1.165) is 23.9 Å². The number of likely N-dealkylation sites (tertiary alicyclic amines) is 1. The molecule has 1 saturated heterocycles. The minimum absolute atomic E-state index is 0.0178. The number of pyridine rings is 1. The highest BCUT2D eigenvalue weighted by atomic mass is 16.6. The van der Waals surface area contributed by atoms with E-state index in [-0.39, 0.29) is 41.3 Å².